The van der Waals surface area contributed by atoms with E-state index in [-0.39, 0.29) is 13.0 Å². The molecule has 1 heterocycles. The van der Waals surface area contributed by atoms with Gasteiger partial charge in [0.15, 0.2) is 5.54 Å². The maximum absolute atomic E-state index is 12.1. The van der Waals surface area contributed by atoms with Crippen LogP contribution in [0.4, 0.5) is 0 Å². The lowest BCUT2D eigenvalue weighted by Gasteiger charge is -2.23. The van der Waals surface area contributed by atoms with Crippen molar-refractivity contribution >= 4 is 39.4 Å². The van der Waals surface area contributed by atoms with Crippen LogP contribution in [0.2, 0.25) is 5.02 Å². The third kappa shape index (κ3) is 2.91. The maximum atomic E-state index is 12.1. The molecule has 0 radical (unpaired) electrons. The third-order valence-corrected chi connectivity index (χ3v) is 3.85. The first-order chi connectivity index (χ1) is 8.94. The summed E-state index contributed by atoms with van der Waals surface area (Å²) in [5, 5.41) is 12.3. The first kappa shape index (κ1) is 14.3. The zero-order chi connectivity index (χ0) is 14.0. The summed E-state index contributed by atoms with van der Waals surface area (Å²) in [6.07, 6.45) is 0.249. The van der Waals surface area contributed by atoms with Crippen molar-refractivity contribution in [1.82, 2.24) is 5.32 Å². The quantitative estimate of drug-likeness (QED) is 0.877. The van der Waals surface area contributed by atoms with Gasteiger partial charge in [-0.3, -0.25) is 4.79 Å². The SMILES string of the molecule is O=C(NC1(C(=O)O)CCOC1)c1ccc(Cl)cc1Br. The predicted octanol–water partition coefficient (Wildman–Crippen LogP) is 2.08. The van der Waals surface area contributed by atoms with Crippen LogP contribution in [0.15, 0.2) is 22.7 Å². The van der Waals surface area contributed by atoms with Crippen molar-refractivity contribution in [1.29, 1.82) is 0 Å². The Labute approximate surface area is 123 Å². The second-order valence-electron chi connectivity index (χ2n) is 4.27. The van der Waals surface area contributed by atoms with Crippen LogP contribution in [0, 0.1) is 0 Å². The molecule has 102 valence electrons. The molecule has 1 aliphatic heterocycles. The van der Waals surface area contributed by atoms with Crippen LogP contribution in [0.3, 0.4) is 0 Å². The van der Waals surface area contributed by atoms with Crippen molar-refractivity contribution in [2.45, 2.75) is 12.0 Å². The highest BCUT2D eigenvalue weighted by Crippen LogP contribution is 2.24. The van der Waals surface area contributed by atoms with Gasteiger partial charge in [0.2, 0.25) is 0 Å². The molecule has 1 amide bonds. The molecule has 0 aromatic heterocycles. The summed E-state index contributed by atoms with van der Waals surface area (Å²) in [6, 6.07) is 4.68. The number of carbonyl (C=O) groups excluding carboxylic acids is 1. The van der Waals surface area contributed by atoms with Crippen molar-refractivity contribution in [2.75, 3.05) is 13.2 Å². The number of aliphatic carboxylic acids is 1. The zero-order valence-corrected chi connectivity index (χ0v) is 12.1. The molecule has 7 heteroatoms. The lowest BCUT2D eigenvalue weighted by Crippen LogP contribution is -2.55. The van der Waals surface area contributed by atoms with E-state index in [1.165, 1.54) is 6.07 Å². The molecule has 1 unspecified atom stereocenters. The number of hydrogen-bond acceptors (Lipinski definition) is 3. The number of amides is 1. The normalized spacial score (nSPS) is 22.2. The molecular formula is C12H11BrClNO4. The summed E-state index contributed by atoms with van der Waals surface area (Å²) in [7, 11) is 0. The number of carboxylic acid groups (broad SMARTS) is 1. The summed E-state index contributed by atoms with van der Waals surface area (Å²) < 4.78 is 5.59. The van der Waals surface area contributed by atoms with Crippen LogP contribution in [0.25, 0.3) is 0 Å². The highest BCUT2D eigenvalue weighted by atomic mass is 79.9. The van der Waals surface area contributed by atoms with Crippen LogP contribution >= 0.6 is 27.5 Å². The topological polar surface area (TPSA) is 75.6 Å². The van der Waals surface area contributed by atoms with Crippen molar-refractivity contribution in [3.05, 3.63) is 33.3 Å². The molecule has 1 aromatic carbocycles. The molecule has 5 nitrogen and oxygen atoms in total. The van der Waals surface area contributed by atoms with Gasteiger partial charge in [-0.25, -0.2) is 4.79 Å². The molecule has 2 N–H and O–H groups in total. The van der Waals surface area contributed by atoms with E-state index in [0.29, 0.717) is 21.7 Å². The summed E-state index contributed by atoms with van der Waals surface area (Å²) in [6.45, 7) is 0.285. The predicted molar refractivity (Wildman–Crippen MR) is 72.4 cm³/mol. The molecule has 19 heavy (non-hydrogen) atoms. The van der Waals surface area contributed by atoms with Crippen molar-refractivity contribution < 1.29 is 19.4 Å². The van der Waals surface area contributed by atoms with Gasteiger partial charge in [0.05, 0.1) is 12.2 Å². The minimum atomic E-state index is -1.35. The number of ether oxygens (including phenoxy) is 1. The summed E-state index contributed by atoms with van der Waals surface area (Å²) >= 11 is 9.02. The highest BCUT2D eigenvalue weighted by Gasteiger charge is 2.44. The number of rotatable bonds is 3. The van der Waals surface area contributed by atoms with Crippen LogP contribution in [-0.2, 0) is 9.53 Å². The summed E-state index contributed by atoms with van der Waals surface area (Å²) in [4.78, 5) is 23.4. The Hall–Kier alpha value is -1.11. The van der Waals surface area contributed by atoms with E-state index in [4.69, 9.17) is 16.3 Å². The van der Waals surface area contributed by atoms with Crippen molar-refractivity contribution in [3.8, 4) is 0 Å². The van der Waals surface area contributed by atoms with E-state index in [1.54, 1.807) is 12.1 Å². The van der Waals surface area contributed by atoms with E-state index in [2.05, 4.69) is 21.2 Å². The Balaban J connectivity index is 2.22. The van der Waals surface area contributed by atoms with E-state index >= 15 is 0 Å². The van der Waals surface area contributed by atoms with Gasteiger partial charge in [0, 0.05) is 22.5 Å². The standard InChI is InChI=1S/C12H11BrClNO4/c13-9-5-7(14)1-2-8(9)10(16)15-12(11(17)18)3-4-19-6-12/h1-2,5H,3-4,6H2,(H,15,16)(H,17,18). The molecule has 2 rings (SSSR count). The number of nitrogens with one attached hydrogen (secondary N) is 1. The number of hydrogen-bond donors (Lipinski definition) is 2. The number of carboxylic acids is 1. The van der Waals surface area contributed by atoms with Gasteiger partial charge in [-0.05, 0) is 34.1 Å². The number of halogens is 2. The lowest BCUT2D eigenvalue weighted by atomic mass is 9.98. The molecular weight excluding hydrogens is 337 g/mol. The molecule has 0 aliphatic carbocycles. The molecule has 0 bridgehead atoms. The van der Waals surface area contributed by atoms with Gasteiger partial charge in [-0.1, -0.05) is 11.6 Å². The molecule has 1 atom stereocenters. The Kier molecular flexibility index (Phi) is 4.13. The Morgan fingerprint density at radius 2 is 2.21 bits per heavy atom. The smallest absolute Gasteiger partial charge is 0.331 e. The van der Waals surface area contributed by atoms with Crippen LogP contribution < -0.4 is 5.32 Å². The Morgan fingerprint density at radius 3 is 2.74 bits per heavy atom. The Bertz CT molecular complexity index is 528. The monoisotopic (exact) mass is 347 g/mol. The average Bonchev–Trinajstić information content (AvgIpc) is 2.78. The van der Waals surface area contributed by atoms with Crippen LogP contribution in [0.1, 0.15) is 16.8 Å². The number of carbonyl (C=O) groups is 2. The van der Waals surface area contributed by atoms with E-state index in [1.807, 2.05) is 0 Å². The van der Waals surface area contributed by atoms with Gasteiger partial charge in [0.25, 0.3) is 5.91 Å². The average molecular weight is 349 g/mol. The molecule has 1 fully saturated rings. The van der Waals surface area contributed by atoms with Crippen LogP contribution in [0.5, 0.6) is 0 Å². The first-order valence-corrected chi connectivity index (χ1v) is 6.70. The molecule has 1 saturated heterocycles. The van der Waals surface area contributed by atoms with Gasteiger partial charge in [0.1, 0.15) is 0 Å². The van der Waals surface area contributed by atoms with Crippen molar-refractivity contribution in [3.63, 3.8) is 0 Å². The first-order valence-electron chi connectivity index (χ1n) is 5.53. The Morgan fingerprint density at radius 1 is 1.47 bits per heavy atom. The highest BCUT2D eigenvalue weighted by molar-refractivity contribution is 9.10. The fraction of sp³-hybridized carbons (Fsp3) is 0.333. The summed E-state index contributed by atoms with van der Waals surface area (Å²) in [5.74, 6) is -1.57. The number of benzene rings is 1. The molecule has 1 aromatic rings. The maximum Gasteiger partial charge on any atom is 0.331 e. The van der Waals surface area contributed by atoms with E-state index in [0.717, 1.165) is 0 Å². The third-order valence-electron chi connectivity index (χ3n) is 2.96. The fourth-order valence-corrected chi connectivity index (χ4v) is 2.71. The van der Waals surface area contributed by atoms with Gasteiger partial charge < -0.3 is 15.2 Å². The second-order valence-corrected chi connectivity index (χ2v) is 5.56. The van der Waals surface area contributed by atoms with Gasteiger partial charge in [-0.15, -0.1) is 0 Å². The minimum absolute atomic E-state index is 0.0285. The summed E-state index contributed by atoms with van der Waals surface area (Å²) in [5.41, 5.74) is -1.02. The van der Waals surface area contributed by atoms with Crippen LogP contribution in [-0.4, -0.2) is 35.7 Å². The zero-order valence-electron chi connectivity index (χ0n) is 9.78. The van der Waals surface area contributed by atoms with E-state index < -0.39 is 17.4 Å². The largest absolute Gasteiger partial charge is 0.479 e. The van der Waals surface area contributed by atoms with Gasteiger partial charge in [-0.2, -0.15) is 0 Å². The van der Waals surface area contributed by atoms with Gasteiger partial charge >= 0.3 is 5.97 Å². The minimum Gasteiger partial charge on any atom is -0.479 e. The molecule has 1 aliphatic rings. The fourth-order valence-electron chi connectivity index (χ4n) is 1.84. The molecule has 0 spiro atoms. The molecule has 0 saturated carbocycles. The van der Waals surface area contributed by atoms with Crippen molar-refractivity contribution in [2.24, 2.45) is 0 Å². The lowest BCUT2D eigenvalue weighted by molar-refractivity contribution is -0.144. The second kappa shape index (κ2) is 5.48. The van der Waals surface area contributed by atoms with E-state index in [9.17, 15) is 14.7 Å².